The number of rotatable bonds is 12. The average molecular weight is 594 g/mol. The Hall–Kier alpha value is -3.55. The first kappa shape index (κ1) is 32.0. The monoisotopic (exact) mass is 593 g/mol. The van der Waals surface area contributed by atoms with Gasteiger partial charge in [0.25, 0.3) is 5.56 Å². The zero-order chi connectivity index (χ0) is 30.6. The molecular weight excluding hydrogens is 557 g/mol. The second-order valence-corrected chi connectivity index (χ2v) is 10.7. The highest BCUT2D eigenvalue weighted by Crippen LogP contribution is 2.33. The van der Waals surface area contributed by atoms with Crippen LogP contribution in [0.4, 0.5) is 4.39 Å². The first-order chi connectivity index (χ1) is 19.4. The van der Waals surface area contributed by atoms with Crippen LogP contribution < -0.4 is 16.0 Å². The van der Waals surface area contributed by atoms with Crippen LogP contribution in [0.5, 0.6) is 5.75 Å². The molecule has 0 bridgehead atoms. The van der Waals surface area contributed by atoms with Gasteiger partial charge >= 0.3 is 11.7 Å². The van der Waals surface area contributed by atoms with Crippen LogP contribution in [0, 0.1) is 12.7 Å². The zero-order valence-corrected chi connectivity index (χ0v) is 25.0. The maximum Gasteiger partial charge on any atom is 0.348 e. The molecule has 2 atom stereocenters. The van der Waals surface area contributed by atoms with Gasteiger partial charge in [-0.1, -0.05) is 0 Å². The number of aryl methyl sites for hydroxylation is 1. The first-order valence-electron chi connectivity index (χ1n) is 13.2. The van der Waals surface area contributed by atoms with Gasteiger partial charge in [0.2, 0.25) is 5.91 Å². The fourth-order valence-corrected chi connectivity index (χ4v) is 5.67. The predicted octanol–water partition coefficient (Wildman–Crippen LogP) is 3.04. The van der Waals surface area contributed by atoms with Gasteiger partial charge in [0, 0.05) is 18.7 Å². The summed E-state index contributed by atoms with van der Waals surface area (Å²) in [6.45, 7) is 7.65. The van der Waals surface area contributed by atoms with Gasteiger partial charge in [0.05, 0.1) is 38.9 Å². The summed E-state index contributed by atoms with van der Waals surface area (Å²) in [6, 6.07) is 2.45. The maximum absolute atomic E-state index is 14.3. The quantitative estimate of drug-likeness (QED) is 0.318. The number of aliphatic hydroxyl groups excluding tert-OH is 1. The number of methoxy groups -OCH3 is 1. The number of halogens is 1. The number of carbonyl (C=O) groups is 2. The smallest absolute Gasteiger partial charge is 0.348 e. The van der Waals surface area contributed by atoms with Gasteiger partial charge in [-0.2, -0.15) is 0 Å². The topological polar surface area (TPSA) is 129 Å². The lowest BCUT2D eigenvalue weighted by Gasteiger charge is -2.27. The largest absolute Gasteiger partial charge is 0.496 e. The molecule has 0 radical (unpaired) electrons. The van der Waals surface area contributed by atoms with Gasteiger partial charge in [-0.05, 0) is 58.4 Å². The van der Waals surface area contributed by atoms with Gasteiger partial charge in [-0.15, -0.1) is 11.3 Å². The number of hydrogen-bond donors (Lipinski definition) is 1. The van der Waals surface area contributed by atoms with E-state index in [-0.39, 0.29) is 58.8 Å². The molecule has 0 spiro atoms. The van der Waals surface area contributed by atoms with Gasteiger partial charge in [-0.25, -0.2) is 18.5 Å². The van der Waals surface area contributed by atoms with Crippen molar-refractivity contribution >= 4 is 33.4 Å². The van der Waals surface area contributed by atoms with E-state index in [4.69, 9.17) is 14.2 Å². The summed E-state index contributed by atoms with van der Waals surface area (Å²) < 4.78 is 32.9. The number of ether oxygens (including phenoxy) is 3. The van der Waals surface area contributed by atoms with E-state index in [1.165, 1.54) is 41.7 Å². The molecular formula is C28H36FN3O8S. The standard InChI is InChI=1S/C28H36FN3O8S/c1-8-39-27(36)23-16(4)22-25(35)32(17(5)24(34)30(6)15(2)3)28(37)31(26(22)41-23)14-21(40-12-11-33)19-13-18(29)9-10-20(19)38-7/h9-10,13,15,17,21,33H,8,11-12,14H2,1-7H3/t17?,21-/m0/s1. The first-order valence-corrected chi connectivity index (χ1v) is 14.0. The summed E-state index contributed by atoms with van der Waals surface area (Å²) in [5, 5.41) is 9.54. The molecule has 1 aromatic carbocycles. The van der Waals surface area contributed by atoms with Gasteiger partial charge < -0.3 is 24.2 Å². The summed E-state index contributed by atoms with van der Waals surface area (Å²) in [7, 11) is 2.98. The lowest BCUT2D eigenvalue weighted by Crippen LogP contribution is -2.47. The van der Waals surface area contributed by atoms with Crippen LogP contribution in [0.3, 0.4) is 0 Å². The highest BCUT2D eigenvalue weighted by molar-refractivity contribution is 7.20. The molecule has 224 valence electrons. The van der Waals surface area contributed by atoms with Crippen molar-refractivity contribution in [3.8, 4) is 5.75 Å². The lowest BCUT2D eigenvalue weighted by atomic mass is 10.1. The van der Waals surface area contributed by atoms with Crippen molar-refractivity contribution in [2.45, 2.75) is 59.4 Å². The van der Waals surface area contributed by atoms with Crippen molar-refractivity contribution in [3.05, 3.63) is 60.9 Å². The number of likely N-dealkylation sites (N-methyl/N-ethyl adjacent to an activating group) is 1. The molecule has 1 N–H and O–H groups in total. The molecule has 2 aromatic heterocycles. The Bertz CT molecular complexity index is 1540. The number of aliphatic hydroxyl groups is 1. The minimum absolute atomic E-state index is 0.0802. The molecule has 3 aromatic rings. The van der Waals surface area contributed by atoms with Crippen LogP contribution in [0.15, 0.2) is 27.8 Å². The third-order valence-electron chi connectivity index (χ3n) is 6.87. The Morgan fingerprint density at radius 3 is 2.46 bits per heavy atom. The summed E-state index contributed by atoms with van der Waals surface area (Å²) in [4.78, 5) is 55.6. The molecule has 13 heteroatoms. The van der Waals surface area contributed by atoms with Crippen LogP contribution >= 0.6 is 11.3 Å². The summed E-state index contributed by atoms with van der Waals surface area (Å²) >= 11 is 0.911. The average Bonchev–Trinajstić information content (AvgIpc) is 3.28. The molecule has 0 aliphatic heterocycles. The van der Waals surface area contributed by atoms with E-state index in [1.54, 1.807) is 34.7 Å². The minimum atomic E-state index is -1.18. The van der Waals surface area contributed by atoms with E-state index < -0.39 is 41.1 Å². The fraction of sp³-hybridized carbons (Fsp3) is 0.500. The van der Waals surface area contributed by atoms with Crippen molar-refractivity contribution in [1.29, 1.82) is 0 Å². The van der Waals surface area contributed by atoms with Crippen molar-refractivity contribution in [2.24, 2.45) is 0 Å². The van der Waals surface area contributed by atoms with E-state index in [9.17, 15) is 28.7 Å². The number of nitrogens with zero attached hydrogens (tertiary/aromatic N) is 3. The van der Waals surface area contributed by atoms with Crippen molar-refractivity contribution in [2.75, 3.05) is 34.0 Å². The molecule has 0 saturated carbocycles. The van der Waals surface area contributed by atoms with E-state index in [2.05, 4.69) is 0 Å². The highest BCUT2D eigenvalue weighted by Gasteiger charge is 2.31. The molecule has 0 saturated heterocycles. The van der Waals surface area contributed by atoms with Crippen LogP contribution in [0.1, 0.15) is 60.6 Å². The second kappa shape index (κ2) is 13.4. The van der Waals surface area contributed by atoms with Gasteiger partial charge in [0.1, 0.15) is 33.4 Å². The van der Waals surface area contributed by atoms with Crippen LogP contribution in [0.25, 0.3) is 10.2 Å². The molecule has 11 nitrogen and oxygen atoms in total. The Balaban J connectivity index is 2.36. The number of carbonyl (C=O) groups excluding carboxylic acids is 2. The summed E-state index contributed by atoms with van der Waals surface area (Å²) in [6.07, 6.45) is -1.02. The fourth-order valence-electron chi connectivity index (χ4n) is 4.48. The van der Waals surface area contributed by atoms with Crippen LogP contribution in [-0.4, -0.2) is 71.0 Å². The molecule has 1 amide bonds. The number of esters is 1. The van der Waals surface area contributed by atoms with Crippen molar-refractivity contribution in [3.63, 3.8) is 0 Å². The minimum Gasteiger partial charge on any atom is -0.496 e. The number of benzene rings is 1. The summed E-state index contributed by atoms with van der Waals surface area (Å²) in [5.74, 6) is -1.40. The van der Waals surface area contributed by atoms with E-state index in [0.717, 1.165) is 15.9 Å². The third kappa shape index (κ3) is 6.36. The molecule has 0 fully saturated rings. The predicted molar refractivity (Wildman–Crippen MR) is 152 cm³/mol. The number of amides is 1. The Kier molecular flexibility index (Phi) is 10.5. The van der Waals surface area contributed by atoms with Crippen molar-refractivity contribution in [1.82, 2.24) is 14.0 Å². The number of hydrogen-bond acceptors (Lipinski definition) is 9. The Morgan fingerprint density at radius 2 is 1.88 bits per heavy atom. The van der Waals surface area contributed by atoms with E-state index in [0.29, 0.717) is 5.56 Å². The van der Waals surface area contributed by atoms with Crippen molar-refractivity contribution < 1.29 is 33.3 Å². The molecule has 41 heavy (non-hydrogen) atoms. The number of aromatic nitrogens is 2. The summed E-state index contributed by atoms with van der Waals surface area (Å²) in [5.41, 5.74) is -0.963. The maximum atomic E-state index is 14.3. The van der Waals surface area contributed by atoms with Gasteiger partial charge in [0.15, 0.2) is 0 Å². The highest BCUT2D eigenvalue weighted by atomic mass is 32.1. The lowest BCUT2D eigenvalue weighted by molar-refractivity contribution is -0.134. The van der Waals surface area contributed by atoms with Gasteiger partial charge in [-0.3, -0.25) is 14.2 Å². The Labute approximate surface area is 240 Å². The molecule has 0 aliphatic carbocycles. The molecule has 3 rings (SSSR count). The Morgan fingerprint density at radius 1 is 1.20 bits per heavy atom. The molecule has 0 aliphatic rings. The number of fused-ring (bicyclic) bond motifs is 1. The zero-order valence-electron chi connectivity index (χ0n) is 24.2. The van der Waals surface area contributed by atoms with E-state index >= 15 is 0 Å². The normalized spacial score (nSPS) is 12.9. The SMILES string of the molecule is CCOC(=O)c1sc2c(c1C)c(=O)n(C(C)C(=O)N(C)C(C)C)c(=O)n2C[C@H](OCCO)c1cc(F)ccc1OC. The number of thiophene rings is 1. The van der Waals surface area contributed by atoms with Crippen LogP contribution in [0.2, 0.25) is 0 Å². The molecule has 2 heterocycles. The third-order valence-corrected chi connectivity index (χ3v) is 8.16. The molecule has 1 unspecified atom stereocenters. The second-order valence-electron chi connectivity index (χ2n) is 9.71. The van der Waals surface area contributed by atoms with Crippen LogP contribution in [-0.2, 0) is 20.8 Å². The van der Waals surface area contributed by atoms with E-state index in [1.807, 2.05) is 0 Å².